The minimum atomic E-state index is 0.214. The van der Waals surface area contributed by atoms with Crippen molar-refractivity contribution in [1.29, 1.82) is 0 Å². The number of rotatable bonds is 3. The van der Waals surface area contributed by atoms with Gasteiger partial charge in [0.15, 0.2) is 0 Å². The molecule has 1 aliphatic heterocycles. The highest BCUT2D eigenvalue weighted by Crippen LogP contribution is 2.26. The highest BCUT2D eigenvalue weighted by molar-refractivity contribution is 5.23. The van der Waals surface area contributed by atoms with Gasteiger partial charge in [0.25, 0.3) is 0 Å². The fourth-order valence-corrected chi connectivity index (χ4v) is 2.82. The van der Waals surface area contributed by atoms with Gasteiger partial charge in [0.05, 0.1) is 5.69 Å². The van der Waals surface area contributed by atoms with Crippen LogP contribution in [-0.2, 0) is 6.54 Å². The van der Waals surface area contributed by atoms with Crippen LogP contribution >= 0.6 is 0 Å². The average Bonchev–Trinajstić information content (AvgIpc) is 2.82. The SMILES string of the molecule is N[C@@H]1CN(Cc2ccccn2)C[C@H]1c1ccccc1. The molecule has 1 saturated heterocycles. The number of aromatic nitrogens is 1. The van der Waals surface area contributed by atoms with Gasteiger partial charge in [-0.2, -0.15) is 0 Å². The van der Waals surface area contributed by atoms with Crippen LogP contribution in [0.4, 0.5) is 0 Å². The first-order chi connectivity index (χ1) is 9.33. The van der Waals surface area contributed by atoms with Crippen molar-refractivity contribution in [2.75, 3.05) is 13.1 Å². The molecule has 2 atom stereocenters. The maximum Gasteiger partial charge on any atom is 0.0543 e. The van der Waals surface area contributed by atoms with E-state index >= 15 is 0 Å². The summed E-state index contributed by atoms with van der Waals surface area (Å²) in [6.45, 7) is 2.84. The van der Waals surface area contributed by atoms with Crippen molar-refractivity contribution in [1.82, 2.24) is 9.88 Å². The van der Waals surface area contributed by atoms with E-state index in [1.807, 2.05) is 18.3 Å². The summed E-state index contributed by atoms with van der Waals surface area (Å²) in [6, 6.07) is 16.8. The molecule has 2 N–H and O–H groups in total. The fraction of sp³-hybridized carbons (Fsp3) is 0.312. The molecule has 0 radical (unpaired) electrons. The molecule has 3 rings (SSSR count). The Bertz CT molecular complexity index is 512. The Morgan fingerprint density at radius 2 is 1.84 bits per heavy atom. The van der Waals surface area contributed by atoms with E-state index in [9.17, 15) is 0 Å². The summed E-state index contributed by atoms with van der Waals surface area (Å²) in [6.07, 6.45) is 1.85. The minimum Gasteiger partial charge on any atom is -0.326 e. The van der Waals surface area contributed by atoms with E-state index in [-0.39, 0.29) is 6.04 Å². The molecule has 3 nitrogen and oxygen atoms in total. The lowest BCUT2D eigenvalue weighted by Gasteiger charge is -2.15. The maximum absolute atomic E-state index is 6.29. The molecule has 1 aromatic carbocycles. The van der Waals surface area contributed by atoms with Crippen molar-refractivity contribution >= 4 is 0 Å². The fourth-order valence-electron chi connectivity index (χ4n) is 2.82. The Hall–Kier alpha value is -1.71. The topological polar surface area (TPSA) is 42.1 Å². The number of benzene rings is 1. The average molecular weight is 253 g/mol. The van der Waals surface area contributed by atoms with Crippen LogP contribution in [0.5, 0.6) is 0 Å². The Morgan fingerprint density at radius 3 is 2.58 bits per heavy atom. The van der Waals surface area contributed by atoms with Gasteiger partial charge < -0.3 is 5.73 Å². The number of nitrogens with two attached hydrogens (primary N) is 1. The second kappa shape index (κ2) is 5.51. The van der Waals surface area contributed by atoms with Crippen LogP contribution in [0, 0.1) is 0 Å². The van der Waals surface area contributed by atoms with Crippen LogP contribution in [0.1, 0.15) is 17.2 Å². The molecule has 1 aromatic heterocycles. The summed E-state index contributed by atoms with van der Waals surface area (Å²) in [5, 5.41) is 0. The highest BCUT2D eigenvalue weighted by Gasteiger charge is 2.31. The van der Waals surface area contributed by atoms with Crippen molar-refractivity contribution in [2.45, 2.75) is 18.5 Å². The second-order valence-corrected chi connectivity index (χ2v) is 5.20. The van der Waals surface area contributed by atoms with Crippen molar-refractivity contribution in [2.24, 2.45) is 5.73 Å². The van der Waals surface area contributed by atoms with E-state index in [1.54, 1.807) is 0 Å². The molecule has 0 bridgehead atoms. The summed E-state index contributed by atoms with van der Waals surface area (Å²) in [4.78, 5) is 6.78. The van der Waals surface area contributed by atoms with E-state index in [1.165, 1.54) is 5.56 Å². The number of hydrogen-bond donors (Lipinski definition) is 1. The molecule has 2 aromatic rings. The molecule has 98 valence electrons. The first kappa shape index (κ1) is 12.3. The molecule has 1 fully saturated rings. The molecule has 3 heteroatoms. The van der Waals surface area contributed by atoms with E-state index in [2.05, 4.69) is 46.3 Å². The van der Waals surface area contributed by atoms with Crippen LogP contribution in [0.15, 0.2) is 54.7 Å². The second-order valence-electron chi connectivity index (χ2n) is 5.20. The van der Waals surface area contributed by atoms with E-state index in [4.69, 9.17) is 5.73 Å². The number of pyridine rings is 1. The maximum atomic E-state index is 6.29. The van der Waals surface area contributed by atoms with Gasteiger partial charge in [-0.05, 0) is 17.7 Å². The molecule has 0 spiro atoms. The van der Waals surface area contributed by atoms with Crippen LogP contribution in [0.2, 0.25) is 0 Å². The van der Waals surface area contributed by atoms with E-state index < -0.39 is 0 Å². The van der Waals surface area contributed by atoms with Gasteiger partial charge in [-0.3, -0.25) is 9.88 Å². The van der Waals surface area contributed by atoms with Crippen molar-refractivity contribution in [3.8, 4) is 0 Å². The Morgan fingerprint density at radius 1 is 1.05 bits per heavy atom. The molecule has 1 aliphatic rings. The highest BCUT2D eigenvalue weighted by atomic mass is 15.2. The first-order valence-electron chi connectivity index (χ1n) is 6.76. The van der Waals surface area contributed by atoms with E-state index in [0.29, 0.717) is 5.92 Å². The first-order valence-corrected chi connectivity index (χ1v) is 6.76. The summed E-state index contributed by atoms with van der Waals surface area (Å²) in [7, 11) is 0. The third-order valence-electron chi connectivity index (χ3n) is 3.78. The molecule has 0 saturated carbocycles. The molecule has 0 amide bonds. The Balaban J connectivity index is 1.69. The monoisotopic (exact) mass is 253 g/mol. The predicted molar refractivity (Wildman–Crippen MR) is 76.7 cm³/mol. The van der Waals surface area contributed by atoms with Crippen LogP contribution in [0.25, 0.3) is 0 Å². The van der Waals surface area contributed by atoms with Gasteiger partial charge in [0.2, 0.25) is 0 Å². The van der Waals surface area contributed by atoms with Crippen LogP contribution in [0.3, 0.4) is 0 Å². The molecule has 0 aliphatic carbocycles. The zero-order valence-electron chi connectivity index (χ0n) is 10.9. The minimum absolute atomic E-state index is 0.214. The lowest BCUT2D eigenvalue weighted by molar-refractivity contribution is 0.320. The standard InChI is InChI=1S/C16H19N3/c17-16-12-19(10-14-8-4-5-9-18-14)11-15(16)13-6-2-1-3-7-13/h1-9,15-16H,10-12,17H2/t15-,16+/m0/s1. The van der Waals surface area contributed by atoms with Crippen molar-refractivity contribution in [3.63, 3.8) is 0 Å². The van der Waals surface area contributed by atoms with Gasteiger partial charge in [-0.15, -0.1) is 0 Å². The predicted octanol–water partition coefficient (Wildman–Crippen LogP) is 2.01. The van der Waals surface area contributed by atoms with Gasteiger partial charge in [-0.25, -0.2) is 0 Å². The summed E-state index contributed by atoms with van der Waals surface area (Å²) < 4.78 is 0. The van der Waals surface area contributed by atoms with Gasteiger partial charge in [0.1, 0.15) is 0 Å². The lowest BCUT2D eigenvalue weighted by Crippen LogP contribution is -2.28. The smallest absolute Gasteiger partial charge is 0.0543 e. The van der Waals surface area contributed by atoms with Crippen LogP contribution in [-0.4, -0.2) is 29.0 Å². The third kappa shape index (κ3) is 2.83. The summed E-state index contributed by atoms with van der Waals surface area (Å²) in [5.74, 6) is 0.435. The van der Waals surface area contributed by atoms with Gasteiger partial charge >= 0.3 is 0 Å². The largest absolute Gasteiger partial charge is 0.326 e. The lowest BCUT2D eigenvalue weighted by atomic mass is 9.95. The third-order valence-corrected chi connectivity index (χ3v) is 3.78. The van der Waals surface area contributed by atoms with Crippen molar-refractivity contribution in [3.05, 3.63) is 66.0 Å². The number of hydrogen-bond acceptors (Lipinski definition) is 3. The quantitative estimate of drug-likeness (QED) is 0.910. The Labute approximate surface area is 114 Å². The zero-order valence-corrected chi connectivity index (χ0v) is 10.9. The normalized spacial score (nSPS) is 23.6. The van der Waals surface area contributed by atoms with Crippen molar-refractivity contribution < 1.29 is 0 Å². The zero-order chi connectivity index (χ0) is 13.1. The van der Waals surface area contributed by atoms with Gasteiger partial charge in [0, 0.05) is 37.8 Å². The number of nitrogens with zero attached hydrogens (tertiary/aromatic N) is 2. The molecule has 2 heterocycles. The summed E-state index contributed by atoms with van der Waals surface area (Å²) in [5.41, 5.74) is 8.75. The molecular formula is C16H19N3. The number of likely N-dealkylation sites (tertiary alicyclic amines) is 1. The Kier molecular flexibility index (Phi) is 3.58. The molecular weight excluding hydrogens is 234 g/mol. The van der Waals surface area contributed by atoms with E-state index in [0.717, 1.165) is 25.3 Å². The molecule has 19 heavy (non-hydrogen) atoms. The van der Waals surface area contributed by atoms with Crippen LogP contribution < -0.4 is 5.73 Å². The summed E-state index contributed by atoms with van der Waals surface area (Å²) >= 11 is 0. The molecule has 0 unspecified atom stereocenters. The van der Waals surface area contributed by atoms with Gasteiger partial charge in [-0.1, -0.05) is 36.4 Å².